The average molecular weight is 482 g/mol. The van der Waals surface area contributed by atoms with E-state index in [4.69, 9.17) is 32.7 Å². The zero-order chi connectivity index (χ0) is 23.3. The van der Waals surface area contributed by atoms with Crippen LogP contribution in [0, 0.1) is 11.7 Å². The number of halogens is 3. The minimum atomic E-state index is -0.521. The maximum Gasteiger partial charge on any atom is 0.313 e. The van der Waals surface area contributed by atoms with Gasteiger partial charge in [0, 0.05) is 30.2 Å². The van der Waals surface area contributed by atoms with E-state index in [1.54, 1.807) is 0 Å². The van der Waals surface area contributed by atoms with Gasteiger partial charge in [0.1, 0.15) is 12.4 Å². The van der Waals surface area contributed by atoms with E-state index in [9.17, 15) is 9.18 Å². The number of hydrogen-bond donors (Lipinski definition) is 0. The standard InChI is InChI=1S/C25H30Cl2FNO3/c1-16(2)12-18-4-6-19(7-5-18)17(3)25(30)32-11-9-29-8-10-31-24(15-29)20-13-23(28)22(27)14-21(20)26/h4-7,13-14,16-17,24H,8-12,15H2,1-3H3. The Bertz CT molecular complexity index is 920. The van der Waals surface area contributed by atoms with Crippen LogP contribution in [0.2, 0.25) is 10.0 Å². The topological polar surface area (TPSA) is 38.8 Å². The first kappa shape index (κ1) is 25.0. The van der Waals surface area contributed by atoms with Crippen LogP contribution in [0.15, 0.2) is 36.4 Å². The summed E-state index contributed by atoms with van der Waals surface area (Å²) >= 11 is 12.0. The molecular formula is C25H30Cl2FNO3. The van der Waals surface area contributed by atoms with E-state index in [2.05, 4.69) is 30.9 Å². The molecule has 0 bridgehead atoms. The third-order valence-corrected chi connectivity index (χ3v) is 6.28. The van der Waals surface area contributed by atoms with Crippen molar-refractivity contribution in [1.82, 2.24) is 4.90 Å². The van der Waals surface area contributed by atoms with Gasteiger partial charge in [-0.15, -0.1) is 0 Å². The molecule has 1 aliphatic rings. The Kier molecular flexibility index (Phi) is 8.95. The first-order chi connectivity index (χ1) is 15.2. The molecule has 0 radical (unpaired) electrons. The van der Waals surface area contributed by atoms with E-state index in [0.717, 1.165) is 12.0 Å². The number of ether oxygens (including phenoxy) is 2. The van der Waals surface area contributed by atoms with Crippen molar-refractivity contribution in [2.24, 2.45) is 5.92 Å². The number of nitrogens with zero attached hydrogens (tertiary/aromatic N) is 1. The lowest BCUT2D eigenvalue weighted by Crippen LogP contribution is -2.40. The van der Waals surface area contributed by atoms with Crippen molar-refractivity contribution in [3.63, 3.8) is 0 Å². The first-order valence-electron chi connectivity index (χ1n) is 11.0. The highest BCUT2D eigenvalue weighted by molar-refractivity contribution is 6.35. The fourth-order valence-corrected chi connectivity index (χ4v) is 4.33. The summed E-state index contributed by atoms with van der Waals surface area (Å²) in [5.41, 5.74) is 2.80. The second-order valence-electron chi connectivity index (χ2n) is 8.68. The SMILES string of the molecule is CC(C)Cc1ccc(C(C)C(=O)OCCN2CCOC(c3cc(F)c(Cl)cc3Cl)C2)cc1. The van der Waals surface area contributed by atoms with Gasteiger partial charge >= 0.3 is 5.97 Å². The van der Waals surface area contributed by atoms with E-state index in [-0.39, 0.29) is 29.6 Å². The van der Waals surface area contributed by atoms with Crippen molar-refractivity contribution in [3.05, 3.63) is 69.0 Å². The van der Waals surface area contributed by atoms with Gasteiger partial charge in [0.05, 0.1) is 23.7 Å². The fourth-order valence-electron chi connectivity index (χ4n) is 3.83. The number of morpholine rings is 1. The maximum atomic E-state index is 13.9. The zero-order valence-electron chi connectivity index (χ0n) is 18.7. The highest BCUT2D eigenvalue weighted by Crippen LogP contribution is 2.32. The second-order valence-corrected chi connectivity index (χ2v) is 9.49. The van der Waals surface area contributed by atoms with Crippen molar-refractivity contribution in [2.75, 3.05) is 32.8 Å². The third-order valence-electron chi connectivity index (χ3n) is 5.67. The number of carbonyl (C=O) groups excluding carboxylic acids is 1. The molecule has 1 saturated heterocycles. The Morgan fingerprint density at radius 1 is 1.19 bits per heavy atom. The van der Waals surface area contributed by atoms with Gasteiger partial charge in [-0.3, -0.25) is 9.69 Å². The Morgan fingerprint density at radius 3 is 2.59 bits per heavy atom. The molecule has 2 atom stereocenters. The van der Waals surface area contributed by atoms with Gasteiger partial charge in [-0.05, 0) is 42.5 Å². The second kappa shape index (κ2) is 11.5. The third kappa shape index (κ3) is 6.67. The Hall–Kier alpha value is -1.66. The molecule has 2 aromatic carbocycles. The van der Waals surface area contributed by atoms with Crippen molar-refractivity contribution in [3.8, 4) is 0 Å². The predicted molar refractivity (Wildman–Crippen MR) is 126 cm³/mol. The summed E-state index contributed by atoms with van der Waals surface area (Å²) in [6, 6.07) is 10.9. The first-order valence-corrected chi connectivity index (χ1v) is 11.7. The summed E-state index contributed by atoms with van der Waals surface area (Å²) < 4.78 is 25.2. The molecule has 0 N–H and O–H groups in total. The smallest absolute Gasteiger partial charge is 0.313 e. The van der Waals surface area contributed by atoms with E-state index in [0.29, 0.717) is 42.7 Å². The molecule has 174 valence electrons. The van der Waals surface area contributed by atoms with Crippen molar-refractivity contribution >= 4 is 29.2 Å². The van der Waals surface area contributed by atoms with E-state index in [1.807, 2.05) is 19.1 Å². The summed E-state index contributed by atoms with van der Waals surface area (Å²) in [4.78, 5) is 14.6. The van der Waals surface area contributed by atoms with E-state index >= 15 is 0 Å². The van der Waals surface area contributed by atoms with Crippen LogP contribution in [0.25, 0.3) is 0 Å². The largest absolute Gasteiger partial charge is 0.464 e. The van der Waals surface area contributed by atoms with Gasteiger partial charge in [0.2, 0.25) is 0 Å². The average Bonchev–Trinajstić information content (AvgIpc) is 2.76. The van der Waals surface area contributed by atoms with Crippen molar-refractivity contribution in [1.29, 1.82) is 0 Å². The summed E-state index contributed by atoms with van der Waals surface area (Å²) in [6.07, 6.45) is 0.662. The molecule has 0 amide bonds. The van der Waals surface area contributed by atoms with Crippen LogP contribution in [0.3, 0.4) is 0 Å². The Labute approximate surface area is 199 Å². The molecule has 0 saturated carbocycles. The normalized spacial score (nSPS) is 18.0. The van der Waals surface area contributed by atoms with E-state index < -0.39 is 5.82 Å². The number of carbonyl (C=O) groups is 1. The molecule has 2 unspecified atom stereocenters. The number of esters is 1. The lowest BCUT2D eigenvalue weighted by atomic mass is 9.97. The van der Waals surface area contributed by atoms with Gasteiger partial charge in [-0.25, -0.2) is 4.39 Å². The molecule has 1 fully saturated rings. The lowest BCUT2D eigenvalue weighted by molar-refractivity contribution is -0.146. The fraction of sp³-hybridized carbons (Fsp3) is 0.480. The van der Waals surface area contributed by atoms with Crippen LogP contribution in [-0.2, 0) is 20.7 Å². The molecule has 32 heavy (non-hydrogen) atoms. The van der Waals surface area contributed by atoms with Gasteiger partial charge in [-0.1, -0.05) is 61.3 Å². The minimum absolute atomic E-state index is 0.0120. The molecule has 0 aliphatic carbocycles. The van der Waals surface area contributed by atoms with Gasteiger partial charge < -0.3 is 9.47 Å². The monoisotopic (exact) mass is 481 g/mol. The van der Waals surface area contributed by atoms with Crippen molar-refractivity contribution < 1.29 is 18.7 Å². The maximum absolute atomic E-state index is 13.9. The van der Waals surface area contributed by atoms with Crippen LogP contribution < -0.4 is 0 Å². The minimum Gasteiger partial charge on any atom is -0.464 e. The summed E-state index contributed by atoms with van der Waals surface area (Å²) in [5.74, 6) is -0.490. The van der Waals surface area contributed by atoms with Crippen LogP contribution in [0.4, 0.5) is 4.39 Å². The molecular weight excluding hydrogens is 452 g/mol. The molecule has 4 nitrogen and oxygen atoms in total. The molecule has 0 spiro atoms. The molecule has 7 heteroatoms. The summed E-state index contributed by atoms with van der Waals surface area (Å²) in [5, 5.41) is 0.366. The van der Waals surface area contributed by atoms with Crippen LogP contribution in [-0.4, -0.2) is 43.7 Å². The number of hydrogen-bond acceptors (Lipinski definition) is 4. The Balaban J connectivity index is 1.49. The quantitative estimate of drug-likeness (QED) is 0.339. The highest BCUT2D eigenvalue weighted by Gasteiger charge is 2.25. The molecule has 3 rings (SSSR count). The van der Waals surface area contributed by atoms with Crippen LogP contribution in [0.5, 0.6) is 0 Å². The Morgan fingerprint density at radius 2 is 1.91 bits per heavy atom. The lowest BCUT2D eigenvalue weighted by Gasteiger charge is -2.33. The molecule has 1 aliphatic heterocycles. The molecule has 1 heterocycles. The van der Waals surface area contributed by atoms with Crippen LogP contribution in [0.1, 0.15) is 49.5 Å². The molecule has 2 aromatic rings. The summed E-state index contributed by atoms with van der Waals surface area (Å²) in [6.45, 7) is 8.81. The van der Waals surface area contributed by atoms with Crippen molar-refractivity contribution in [2.45, 2.75) is 39.2 Å². The van der Waals surface area contributed by atoms with Gasteiger partial charge in [-0.2, -0.15) is 0 Å². The van der Waals surface area contributed by atoms with Gasteiger partial charge in [0.25, 0.3) is 0 Å². The summed E-state index contributed by atoms with van der Waals surface area (Å²) in [7, 11) is 0. The molecule has 0 aromatic heterocycles. The van der Waals surface area contributed by atoms with Crippen LogP contribution >= 0.6 is 23.2 Å². The predicted octanol–water partition coefficient (Wildman–Crippen LogP) is 6.05. The zero-order valence-corrected chi connectivity index (χ0v) is 20.3. The highest BCUT2D eigenvalue weighted by atomic mass is 35.5. The van der Waals surface area contributed by atoms with E-state index in [1.165, 1.54) is 17.7 Å². The van der Waals surface area contributed by atoms with Gasteiger partial charge in [0.15, 0.2) is 0 Å². The number of rotatable bonds is 8. The number of benzene rings is 2.